The van der Waals surface area contributed by atoms with Crippen LogP contribution in [0.5, 0.6) is 5.75 Å². The molecule has 0 bridgehead atoms. The molecule has 3 N–H and O–H groups in total. The van der Waals surface area contributed by atoms with E-state index in [9.17, 15) is 31.2 Å². The Hall–Kier alpha value is -2.83. The molecule has 0 saturated carbocycles. The van der Waals surface area contributed by atoms with E-state index in [-0.39, 0.29) is 24.4 Å². The topological polar surface area (TPSA) is 114 Å². The zero-order chi connectivity index (χ0) is 23.1. The van der Waals surface area contributed by atoms with E-state index >= 15 is 0 Å². The Balaban J connectivity index is 1.75. The number of sulfonamides is 1. The van der Waals surface area contributed by atoms with E-state index < -0.39 is 33.9 Å². The lowest BCUT2D eigenvalue weighted by Crippen LogP contribution is -2.35. The predicted molar refractivity (Wildman–Crippen MR) is 106 cm³/mol. The number of carbonyl (C=O) groups is 2. The van der Waals surface area contributed by atoms with Gasteiger partial charge in [0.05, 0.1) is 11.4 Å². The second-order valence-corrected chi connectivity index (χ2v) is 8.20. The summed E-state index contributed by atoms with van der Waals surface area (Å²) >= 11 is 5.74. The van der Waals surface area contributed by atoms with Crippen LogP contribution in [0.2, 0.25) is 5.02 Å². The van der Waals surface area contributed by atoms with Crippen molar-refractivity contribution in [3.63, 3.8) is 0 Å². The Kier molecular flexibility index (Phi) is 8.25. The molecule has 0 radical (unpaired) electrons. The van der Waals surface area contributed by atoms with Crippen LogP contribution in [0.1, 0.15) is 6.42 Å². The molecule has 13 heteroatoms. The van der Waals surface area contributed by atoms with Crippen molar-refractivity contribution >= 4 is 39.1 Å². The van der Waals surface area contributed by atoms with Crippen molar-refractivity contribution in [2.75, 3.05) is 18.4 Å². The smallest absolute Gasteiger partial charge is 0.406 e. The van der Waals surface area contributed by atoms with Crippen LogP contribution in [-0.4, -0.2) is 39.7 Å². The minimum absolute atomic E-state index is 0.261. The van der Waals surface area contributed by atoms with Crippen LogP contribution in [0.4, 0.5) is 18.9 Å². The molecule has 0 aromatic heterocycles. The van der Waals surface area contributed by atoms with Crippen LogP contribution >= 0.6 is 11.6 Å². The first-order valence-electron chi connectivity index (χ1n) is 8.62. The van der Waals surface area contributed by atoms with Gasteiger partial charge in [0.2, 0.25) is 21.8 Å². The van der Waals surface area contributed by atoms with Gasteiger partial charge in [0.25, 0.3) is 0 Å². The minimum Gasteiger partial charge on any atom is -0.406 e. The molecule has 8 nitrogen and oxygen atoms in total. The van der Waals surface area contributed by atoms with Crippen molar-refractivity contribution in [2.45, 2.75) is 17.7 Å². The first-order valence-corrected chi connectivity index (χ1v) is 10.5. The third-order valence-electron chi connectivity index (χ3n) is 3.59. The number of nitrogens with one attached hydrogen (secondary N) is 3. The molecule has 2 rings (SSSR count). The van der Waals surface area contributed by atoms with Crippen LogP contribution in [0, 0.1) is 0 Å². The third-order valence-corrected chi connectivity index (χ3v) is 5.31. The molecule has 0 saturated heterocycles. The Bertz CT molecular complexity index is 1010. The number of anilines is 1. The van der Waals surface area contributed by atoms with E-state index in [0.717, 1.165) is 24.3 Å². The summed E-state index contributed by atoms with van der Waals surface area (Å²) in [6.45, 7) is -0.608. The highest BCUT2D eigenvalue weighted by molar-refractivity contribution is 7.89. The third kappa shape index (κ3) is 8.82. The summed E-state index contributed by atoms with van der Waals surface area (Å²) in [5, 5.41) is 5.37. The van der Waals surface area contributed by atoms with Crippen LogP contribution in [0.3, 0.4) is 0 Å². The molecule has 0 aliphatic rings. The maximum Gasteiger partial charge on any atom is 0.573 e. The minimum atomic E-state index is -4.89. The molecule has 0 fully saturated rings. The molecule has 168 valence electrons. The molecule has 0 aliphatic heterocycles. The number of rotatable bonds is 9. The van der Waals surface area contributed by atoms with Gasteiger partial charge in [0.1, 0.15) is 5.75 Å². The van der Waals surface area contributed by atoms with E-state index in [1.165, 1.54) is 0 Å². The summed E-state index contributed by atoms with van der Waals surface area (Å²) in [7, 11) is -4.05. The quantitative estimate of drug-likeness (QED) is 0.511. The van der Waals surface area contributed by atoms with Crippen molar-refractivity contribution in [3.05, 3.63) is 53.6 Å². The summed E-state index contributed by atoms with van der Waals surface area (Å²) in [5.41, 5.74) is 0.489. The van der Waals surface area contributed by atoms with Crippen molar-refractivity contribution < 1.29 is 35.9 Å². The molecule has 0 heterocycles. The van der Waals surface area contributed by atoms with Crippen molar-refractivity contribution in [1.82, 2.24) is 10.0 Å². The lowest BCUT2D eigenvalue weighted by molar-refractivity contribution is -0.274. The Morgan fingerprint density at radius 1 is 0.968 bits per heavy atom. The molecule has 0 atom stereocenters. The highest BCUT2D eigenvalue weighted by Gasteiger charge is 2.31. The second-order valence-electron chi connectivity index (χ2n) is 6.00. The highest BCUT2D eigenvalue weighted by atomic mass is 35.5. The van der Waals surface area contributed by atoms with Crippen molar-refractivity contribution in [2.24, 2.45) is 0 Å². The zero-order valence-corrected chi connectivity index (χ0v) is 17.3. The number of ether oxygens (including phenoxy) is 1. The molecule has 0 aliphatic carbocycles. The summed E-state index contributed by atoms with van der Waals surface area (Å²) in [6, 6.07) is 9.91. The van der Waals surface area contributed by atoms with E-state index in [1.54, 1.807) is 24.3 Å². The number of carbonyl (C=O) groups excluding carboxylic acids is 2. The maximum absolute atomic E-state index is 12.1. The SMILES string of the molecule is O=C(CCNS(=O)(=O)c1ccc(OC(F)(F)F)cc1)NCC(=O)Nc1ccc(Cl)cc1. The molecule has 2 amide bonds. The van der Waals surface area contributed by atoms with Crippen LogP contribution in [0.15, 0.2) is 53.4 Å². The van der Waals surface area contributed by atoms with Gasteiger partial charge in [-0.1, -0.05) is 11.6 Å². The molecule has 2 aromatic rings. The van der Waals surface area contributed by atoms with Gasteiger partial charge < -0.3 is 15.4 Å². The maximum atomic E-state index is 12.1. The number of halogens is 4. The number of hydrogen-bond donors (Lipinski definition) is 3. The average Bonchev–Trinajstić information content (AvgIpc) is 2.67. The van der Waals surface area contributed by atoms with Gasteiger partial charge in [0.15, 0.2) is 0 Å². The average molecular weight is 480 g/mol. The van der Waals surface area contributed by atoms with E-state index in [1.807, 2.05) is 0 Å². The predicted octanol–water partition coefficient (Wildman–Crippen LogP) is 2.66. The first kappa shape index (κ1) is 24.4. The lowest BCUT2D eigenvalue weighted by Gasteiger charge is -2.10. The molecule has 31 heavy (non-hydrogen) atoms. The summed E-state index contributed by atoms with van der Waals surface area (Å²) in [6.07, 6.45) is -5.15. The van der Waals surface area contributed by atoms with Gasteiger partial charge in [-0.05, 0) is 48.5 Å². The second kappa shape index (κ2) is 10.5. The van der Waals surface area contributed by atoms with Crippen LogP contribution in [-0.2, 0) is 19.6 Å². The summed E-state index contributed by atoms with van der Waals surface area (Å²) in [4.78, 5) is 23.3. The number of benzene rings is 2. The lowest BCUT2D eigenvalue weighted by atomic mass is 10.3. The van der Waals surface area contributed by atoms with Crippen molar-refractivity contribution in [3.8, 4) is 5.75 Å². The summed E-state index contributed by atoms with van der Waals surface area (Å²) in [5.74, 6) is -1.64. The Morgan fingerprint density at radius 3 is 2.16 bits per heavy atom. The number of hydrogen-bond acceptors (Lipinski definition) is 5. The molecule has 0 spiro atoms. The fraction of sp³-hybridized carbons (Fsp3) is 0.222. The van der Waals surface area contributed by atoms with Crippen LogP contribution in [0.25, 0.3) is 0 Å². The van der Waals surface area contributed by atoms with Gasteiger partial charge >= 0.3 is 6.36 Å². The zero-order valence-electron chi connectivity index (χ0n) is 15.7. The highest BCUT2D eigenvalue weighted by Crippen LogP contribution is 2.23. The van der Waals surface area contributed by atoms with Gasteiger partial charge in [-0.25, -0.2) is 13.1 Å². The molecule has 2 aromatic carbocycles. The van der Waals surface area contributed by atoms with Gasteiger partial charge in [-0.15, -0.1) is 13.2 Å². The standard InChI is InChI=1S/C18H17ClF3N3O5S/c19-12-1-3-13(4-2-12)25-17(27)11-23-16(26)9-10-24-31(28,29)15-7-5-14(6-8-15)30-18(20,21)22/h1-8,24H,9-11H2,(H,23,26)(H,25,27). The first-order chi connectivity index (χ1) is 14.4. The van der Waals surface area contributed by atoms with Gasteiger partial charge in [-0.2, -0.15) is 0 Å². The van der Waals surface area contributed by atoms with Crippen molar-refractivity contribution in [1.29, 1.82) is 0 Å². The number of alkyl halides is 3. The van der Waals surface area contributed by atoms with E-state index in [4.69, 9.17) is 11.6 Å². The van der Waals surface area contributed by atoms with Gasteiger partial charge in [0, 0.05) is 23.7 Å². The fourth-order valence-corrected chi connectivity index (χ4v) is 3.37. The van der Waals surface area contributed by atoms with E-state index in [0.29, 0.717) is 10.7 Å². The van der Waals surface area contributed by atoms with Crippen LogP contribution < -0.4 is 20.1 Å². The fourth-order valence-electron chi connectivity index (χ4n) is 2.21. The summed E-state index contributed by atoms with van der Waals surface area (Å²) < 4.78 is 66.5. The van der Waals surface area contributed by atoms with Gasteiger partial charge in [-0.3, -0.25) is 9.59 Å². The molecular formula is C18H17ClF3N3O5S. The largest absolute Gasteiger partial charge is 0.573 e. The Morgan fingerprint density at radius 2 is 1.58 bits per heavy atom. The number of amides is 2. The molecule has 0 unspecified atom stereocenters. The molecular weight excluding hydrogens is 463 g/mol. The normalized spacial score (nSPS) is 11.6. The van der Waals surface area contributed by atoms with E-state index in [2.05, 4.69) is 20.1 Å². The Labute approximate surface area is 180 Å². The monoisotopic (exact) mass is 479 g/mol.